The molecule has 1 atom stereocenters. The largest absolute Gasteiger partial charge is 0.384 e. The first kappa shape index (κ1) is 13.1. The monoisotopic (exact) mass is 292 g/mol. The third-order valence-electron chi connectivity index (χ3n) is 3.49. The predicted molar refractivity (Wildman–Crippen MR) is 76.1 cm³/mol. The SMILES string of the molecule is O=S(=O)(NCCC1CNc2ccccc21)c1cnc[nH]1. The summed E-state index contributed by atoms with van der Waals surface area (Å²) >= 11 is 0. The molecule has 7 heteroatoms. The highest BCUT2D eigenvalue weighted by atomic mass is 32.2. The first-order valence-corrected chi connectivity index (χ1v) is 7.96. The molecule has 1 aromatic heterocycles. The van der Waals surface area contributed by atoms with Gasteiger partial charge in [0.15, 0.2) is 5.03 Å². The van der Waals surface area contributed by atoms with Crippen molar-refractivity contribution in [2.24, 2.45) is 0 Å². The van der Waals surface area contributed by atoms with Crippen molar-refractivity contribution < 1.29 is 8.42 Å². The topological polar surface area (TPSA) is 86.9 Å². The molecule has 0 fully saturated rings. The van der Waals surface area contributed by atoms with Crippen LogP contribution in [-0.2, 0) is 10.0 Å². The molecule has 3 N–H and O–H groups in total. The number of rotatable bonds is 5. The Labute approximate surface area is 117 Å². The van der Waals surface area contributed by atoms with Crippen LogP contribution in [0.4, 0.5) is 5.69 Å². The van der Waals surface area contributed by atoms with Gasteiger partial charge < -0.3 is 10.3 Å². The van der Waals surface area contributed by atoms with Gasteiger partial charge >= 0.3 is 0 Å². The average molecular weight is 292 g/mol. The Hall–Kier alpha value is -1.86. The Bertz CT molecular complexity index is 682. The molecule has 20 heavy (non-hydrogen) atoms. The Kier molecular flexibility index (Phi) is 3.45. The van der Waals surface area contributed by atoms with Gasteiger partial charge in [-0.1, -0.05) is 18.2 Å². The predicted octanol–water partition coefficient (Wildman–Crippen LogP) is 1.29. The number of anilines is 1. The van der Waals surface area contributed by atoms with Crippen molar-refractivity contribution in [1.82, 2.24) is 14.7 Å². The molecule has 0 radical (unpaired) electrons. The first-order valence-electron chi connectivity index (χ1n) is 6.47. The maximum absolute atomic E-state index is 11.9. The van der Waals surface area contributed by atoms with Crippen LogP contribution >= 0.6 is 0 Å². The summed E-state index contributed by atoms with van der Waals surface area (Å²) in [5.41, 5.74) is 2.40. The summed E-state index contributed by atoms with van der Waals surface area (Å²) in [5, 5.41) is 3.43. The summed E-state index contributed by atoms with van der Waals surface area (Å²) in [7, 11) is -3.47. The van der Waals surface area contributed by atoms with Gasteiger partial charge in [-0.3, -0.25) is 0 Å². The Morgan fingerprint density at radius 1 is 1.35 bits per heavy atom. The minimum absolute atomic E-state index is 0.0995. The molecule has 2 heterocycles. The molecule has 0 amide bonds. The van der Waals surface area contributed by atoms with Crippen LogP contribution in [0, 0.1) is 0 Å². The Balaban J connectivity index is 1.59. The number of fused-ring (bicyclic) bond motifs is 1. The van der Waals surface area contributed by atoms with E-state index in [-0.39, 0.29) is 5.03 Å². The zero-order valence-corrected chi connectivity index (χ0v) is 11.7. The van der Waals surface area contributed by atoms with E-state index in [0.717, 1.165) is 18.7 Å². The van der Waals surface area contributed by atoms with Crippen molar-refractivity contribution in [2.75, 3.05) is 18.4 Å². The average Bonchev–Trinajstić information content (AvgIpc) is 3.08. The summed E-state index contributed by atoms with van der Waals surface area (Å²) in [6.07, 6.45) is 3.41. The second-order valence-electron chi connectivity index (χ2n) is 4.77. The van der Waals surface area contributed by atoms with E-state index in [1.165, 1.54) is 18.1 Å². The standard InChI is InChI=1S/C13H16N4O2S/c18-20(19,13-8-14-9-16-13)17-6-5-10-7-15-12-4-2-1-3-11(10)12/h1-4,8-10,15,17H,5-7H2,(H,14,16). The van der Waals surface area contributed by atoms with E-state index in [4.69, 9.17) is 0 Å². The zero-order valence-electron chi connectivity index (χ0n) is 10.8. The van der Waals surface area contributed by atoms with Crippen molar-refractivity contribution >= 4 is 15.7 Å². The molecular weight excluding hydrogens is 276 g/mol. The number of sulfonamides is 1. The van der Waals surface area contributed by atoms with Crippen molar-refractivity contribution in [3.8, 4) is 0 Å². The molecule has 0 aliphatic carbocycles. The minimum Gasteiger partial charge on any atom is -0.384 e. The van der Waals surface area contributed by atoms with Gasteiger partial charge in [-0.2, -0.15) is 0 Å². The van der Waals surface area contributed by atoms with E-state index in [1.807, 2.05) is 18.2 Å². The van der Waals surface area contributed by atoms with E-state index in [2.05, 4.69) is 26.1 Å². The van der Waals surface area contributed by atoms with Crippen LogP contribution < -0.4 is 10.0 Å². The number of hydrogen-bond acceptors (Lipinski definition) is 4. The molecule has 6 nitrogen and oxygen atoms in total. The van der Waals surface area contributed by atoms with E-state index < -0.39 is 10.0 Å². The summed E-state index contributed by atoms with van der Waals surface area (Å²) in [6, 6.07) is 8.14. The van der Waals surface area contributed by atoms with Gasteiger partial charge in [-0.15, -0.1) is 0 Å². The number of imidazole rings is 1. The van der Waals surface area contributed by atoms with Crippen molar-refractivity contribution in [3.63, 3.8) is 0 Å². The minimum atomic E-state index is -3.47. The molecule has 106 valence electrons. The van der Waals surface area contributed by atoms with Crippen LogP contribution in [-0.4, -0.2) is 31.5 Å². The second-order valence-corrected chi connectivity index (χ2v) is 6.50. The third kappa shape index (κ3) is 2.54. The molecule has 0 saturated carbocycles. The number of nitrogens with one attached hydrogen (secondary N) is 3. The fourth-order valence-corrected chi connectivity index (χ4v) is 3.40. The number of aromatic nitrogens is 2. The maximum atomic E-state index is 11.9. The maximum Gasteiger partial charge on any atom is 0.257 e. The molecule has 1 unspecified atom stereocenters. The van der Waals surface area contributed by atoms with Gasteiger partial charge in [0.05, 0.1) is 12.5 Å². The molecule has 1 aliphatic heterocycles. The Morgan fingerprint density at radius 3 is 3.00 bits per heavy atom. The van der Waals surface area contributed by atoms with Gasteiger partial charge in [-0.25, -0.2) is 18.1 Å². The third-order valence-corrected chi connectivity index (χ3v) is 4.87. The van der Waals surface area contributed by atoms with E-state index >= 15 is 0 Å². The molecule has 1 aliphatic rings. The zero-order chi connectivity index (χ0) is 14.0. The van der Waals surface area contributed by atoms with Crippen LogP contribution in [0.3, 0.4) is 0 Å². The molecule has 2 aromatic rings. The smallest absolute Gasteiger partial charge is 0.257 e. The summed E-state index contributed by atoms with van der Waals surface area (Å²) < 4.78 is 26.4. The molecule has 0 spiro atoms. The molecule has 1 aromatic carbocycles. The van der Waals surface area contributed by atoms with Crippen molar-refractivity contribution in [2.45, 2.75) is 17.4 Å². The number of aromatic amines is 1. The van der Waals surface area contributed by atoms with Gasteiger partial charge in [-0.05, 0) is 18.1 Å². The molecule has 0 bridgehead atoms. The number of H-pyrrole nitrogens is 1. The summed E-state index contributed by atoms with van der Waals surface area (Å²) in [6.45, 7) is 1.26. The molecular formula is C13H16N4O2S. The van der Waals surface area contributed by atoms with Gasteiger partial charge in [0.2, 0.25) is 0 Å². The van der Waals surface area contributed by atoms with Gasteiger partial charge in [0.1, 0.15) is 0 Å². The lowest BCUT2D eigenvalue weighted by atomic mass is 9.98. The second kappa shape index (κ2) is 5.26. The summed E-state index contributed by atoms with van der Waals surface area (Å²) in [4.78, 5) is 6.32. The highest BCUT2D eigenvalue weighted by molar-refractivity contribution is 7.89. The van der Waals surface area contributed by atoms with E-state index in [0.29, 0.717) is 12.5 Å². The summed E-state index contributed by atoms with van der Waals surface area (Å²) in [5.74, 6) is 0.343. The lowest BCUT2D eigenvalue weighted by Gasteiger charge is -2.10. The van der Waals surface area contributed by atoms with Crippen LogP contribution in [0.1, 0.15) is 17.9 Å². The molecule has 0 saturated heterocycles. The van der Waals surface area contributed by atoms with E-state index in [9.17, 15) is 8.42 Å². The fourth-order valence-electron chi connectivity index (χ4n) is 2.45. The Morgan fingerprint density at radius 2 is 2.20 bits per heavy atom. The fraction of sp³-hybridized carbons (Fsp3) is 0.308. The van der Waals surface area contributed by atoms with Gasteiger partial charge in [0.25, 0.3) is 10.0 Å². The quantitative estimate of drug-likeness (QED) is 0.775. The van der Waals surface area contributed by atoms with Crippen LogP contribution in [0.25, 0.3) is 0 Å². The van der Waals surface area contributed by atoms with Crippen LogP contribution in [0.15, 0.2) is 41.8 Å². The van der Waals surface area contributed by atoms with Crippen molar-refractivity contribution in [3.05, 3.63) is 42.4 Å². The number of nitrogens with zero attached hydrogens (tertiary/aromatic N) is 1. The molecule has 3 rings (SSSR count). The number of para-hydroxylation sites is 1. The van der Waals surface area contributed by atoms with Crippen molar-refractivity contribution in [1.29, 1.82) is 0 Å². The number of benzene rings is 1. The van der Waals surface area contributed by atoms with E-state index in [1.54, 1.807) is 0 Å². The van der Waals surface area contributed by atoms with Gasteiger partial charge in [0, 0.05) is 24.7 Å². The number of hydrogen-bond donors (Lipinski definition) is 3. The van der Waals surface area contributed by atoms with Crippen LogP contribution in [0.2, 0.25) is 0 Å². The lowest BCUT2D eigenvalue weighted by molar-refractivity contribution is 0.569. The highest BCUT2D eigenvalue weighted by Gasteiger charge is 2.22. The highest BCUT2D eigenvalue weighted by Crippen LogP contribution is 2.32. The normalized spacial score (nSPS) is 17.7. The first-order chi connectivity index (χ1) is 9.67. The van der Waals surface area contributed by atoms with Crippen LogP contribution in [0.5, 0.6) is 0 Å². The lowest BCUT2D eigenvalue weighted by Crippen LogP contribution is -2.26.